The summed E-state index contributed by atoms with van der Waals surface area (Å²) in [4.78, 5) is 0. The first kappa shape index (κ1) is 9.01. The van der Waals surface area contributed by atoms with Gasteiger partial charge in [0.25, 0.3) is 0 Å². The van der Waals surface area contributed by atoms with Crippen LogP contribution in [0.2, 0.25) is 0 Å². The number of hydrogen-bond donors (Lipinski definition) is 0. The summed E-state index contributed by atoms with van der Waals surface area (Å²) in [7, 11) is 0. The van der Waals surface area contributed by atoms with E-state index < -0.39 is 0 Å². The van der Waals surface area contributed by atoms with Crippen molar-refractivity contribution in [2.45, 2.75) is 13.3 Å². The van der Waals surface area contributed by atoms with Gasteiger partial charge in [-0.25, -0.2) is 0 Å². The number of allylic oxidation sites excluding steroid dienone is 6. The minimum atomic E-state index is 1.05. The average Bonchev–Trinajstić information content (AvgIpc) is 2.30. The molecule has 70 valence electrons. The first-order chi connectivity index (χ1) is 6.90. The molecule has 0 atom stereocenters. The van der Waals surface area contributed by atoms with Gasteiger partial charge in [0.15, 0.2) is 0 Å². The molecule has 0 heteroatoms. The zero-order valence-electron chi connectivity index (χ0n) is 8.40. The molecule has 1 aromatic carbocycles. The van der Waals surface area contributed by atoms with E-state index in [2.05, 4.69) is 61.6 Å². The maximum atomic E-state index is 2.20. The Bertz CT molecular complexity index is 391. The number of hydrogen-bond acceptors (Lipinski definition) is 0. The Morgan fingerprint density at radius 2 is 1.93 bits per heavy atom. The zero-order valence-corrected chi connectivity index (χ0v) is 8.40. The highest BCUT2D eigenvalue weighted by atomic mass is 14.1. The first-order valence-electron chi connectivity index (χ1n) is 4.98. The van der Waals surface area contributed by atoms with E-state index in [9.17, 15) is 0 Å². The van der Waals surface area contributed by atoms with E-state index in [1.807, 2.05) is 0 Å². The molecule has 0 nitrogen and oxygen atoms in total. The molecule has 1 aromatic rings. The summed E-state index contributed by atoms with van der Waals surface area (Å²) in [5.74, 6) is 0. The van der Waals surface area contributed by atoms with Crippen LogP contribution in [0.25, 0.3) is 5.57 Å². The zero-order chi connectivity index (χ0) is 9.80. The Labute approximate surface area is 85.3 Å². The fraction of sp³-hybridized carbons (Fsp3) is 0.143. The van der Waals surface area contributed by atoms with Gasteiger partial charge in [-0.3, -0.25) is 0 Å². The summed E-state index contributed by atoms with van der Waals surface area (Å²) in [6, 6.07) is 10.6. The van der Waals surface area contributed by atoms with Gasteiger partial charge in [-0.1, -0.05) is 54.6 Å². The Hall–Kier alpha value is -1.56. The molecule has 0 fully saturated rings. The normalized spacial score (nSPS) is 18.4. The van der Waals surface area contributed by atoms with E-state index >= 15 is 0 Å². The molecule has 0 N–H and O–H groups in total. The summed E-state index contributed by atoms with van der Waals surface area (Å²) in [6.07, 6.45) is 9.72. The van der Waals surface area contributed by atoms with Crippen LogP contribution < -0.4 is 0 Å². The highest BCUT2D eigenvalue weighted by Crippen LogP contribution is 2.26. The SMILES string of the molecule is CC=C1C=CC=C(c2ccccc2)C1. The fourth-order valence-corrected chi connectivity index (χ4v) is 1.67. The van der Waals surface area contributed by atoms with Gasteiger partial charge in [0.1, 0.15) is 0 Å². The van der Waals surface area contributed by atoms with Crippen molar-refractivity contribution in [1.29, 1.82) is 0 Å². The van der Waals surface area contributed by atoms with Crippen molar-refractivity contribution >= 4 is 5.57 Å². The van der Waals surface area contributed by atoms with Gasteiger partial charge >= 0.3 is 0 Å². The first-order valence-corrected chi connectivity index (χ1v) is 4.98. The van der Waals surface area contributed by atoms with Crippen molar-refractivity contribution < 1.29 is 0 Å². The second kappa shape index (κ2) is 4.10. The van der Waals surface area contributed by atoms with Gasteiger partial charge in [-0.15, -0.1) is 0 Å². The Balaban J connectivity index is 2.29. The van der Waals surface area contributed by atoms with Crippen molar-refractivity contribution in [3.05, 3.63) is 65.8 Å². The average molecular weight is 182 g/mol. The molecule has 0 saturated carbocycles. The molecule has 1 aliphatic rings. The fourth-order valence-electron chi connectivity index (χ4n) is 1.67. The van der Waals surface area contributed by atoms with Crippen LogP contribution in [-0.2, 0) is 0 Å². The van der Waals surface area contributed by atoms with Crippen molar-refractivity contribution in [3.63, 3.8) is 0 Å². The van der Waals surface area contributed by atoms with E-state index in [1.165, 1.54) is 16.7 Å². The summed E-state index contributed by atoms with van der Waals surface area (Å²) in [5.41, 5.74) is 4.13. The summed E-state index contributed by atoms with van der Waals surface area (Å²) < 4.78 is 0. The highest BCUT2D eigenvalue weighted by molar-refractivity contribution is 5.71. The van der Waals surface area contributed by atoms with E-state index in [4.69, 9.17) is 0 Å². The minimum absolute atomic E-state index is 1.05. The molecule has 0 aromatic heterocycles. The third-order valence-corrected chi connectivity index (χ3v) is 2.52. The van der Waals surface area contributed by atoms with Crippen LogP contribution in [0.3, 0.4) is 0 Å². The van der Waals surface area contributed by atoms with E-state index in [-0.39, 0.29) is 0 Å². The summed E-state index contributed by atoms with van der Waals surface area (Å²) in [6.45, 7) is 2.09. The molecule has 0 unspecified atom stereocenters. The van der Waals surface area contributed by atoms with Crippen molar-refractivity contribution in [2.75, 3.05) is 0 Å². The second-order valence-corrected chi connectivity index (χ2v) is 3.46. The topological polar surface area (TPSA) is 0 Å². The lowest BCUT2D eigenvalue weighted by Gasteiger charge is -2.11. The molecule has 0 radical (unpaired) electrons. The molecular formula is C14H14. The molecule has 1 aliphatic carbocycles. The summed E-state index contributed by atoms with van der Waals surface area (Å²) in [5, 5.41) is 0. The van der Waals surface area contributed by atoms with Crippen molar-refractivity contribution in [3.8, 4) is 0 Å². The Kier molecular flexibility index (Phi) is 2.64. The van der Waals surface area contributed by atoms with Crippen LogP contribution in [-0.4, -0.2) is 0 Å². The maximum absolute atomic E-state index is 2.20. The monoisotopic (exact) mass is 182 g/mol. The second-order valence-electron chi connectivity index (χ2n) is 3.46. The third kappa shape index (κ3) is 1.85. The van der Waals surface area contributed by atoms with Crippen LogP contribution in [0.4, 0.5) is 0 Å². The minimum Gasteiger partial charge on any atom is -0.0841 e. The van der Waals surface area contributed by atoms with Crippen LogP contribution in [0, 0.1) is 0 Å². The lowest BCUT2D eigenvalue weighted by Crippen LogP contribution is -1.90. The number of rotatable bonds is 1. The quantitative estimate of drug-likeness (QED) is 0.616. The highest BCUT2D eigenvalue weighted by Gasteiger charge is 2.04. The standard InChI is InChI=1S/C14H14/c1-2-12-7-6-10-14(11-12)13-8-4-3-5-9-13/h2-10H,11H2,1H3. The maximum Gasteiger partial charge on any atom is -0.00231 e. The molecule has 0 saturated heterocycles. The van der Waals surface area contributed by atoms with Crippen molar-refractivity contribution in [2.24, 2.45) is 0 Å². The third-order valence-electron chi connectivity index (χ3n) is 2.52. The van der Waals surface area contributed by atoms with Gasteiger partial charge in [-0.05, 0) is 30.1 Å². The van der Waals surface area contributed by atoms with Crippen LogP contribution in [0.15, 0.2) is 60.2 Å². The Morgan fingerprint density at radius 3 is 2.64 bits per heavy atom. The van der Waals surface area contributed by atoms with Gasteiger partial charge in [0.05, 0.1) is 0 Å². The smallest absolute Gasteiger partial charge is 0.00231 e. The van der Waals surface area contributed by atoms with Gasteiger partial charge in [-0.2, -0.15) is 0 Å². The predicted molar refractivity (Wildman–Crippen MR) is 61.9 cm³/mol. The van der Waals surface area contributed by atoms with Gasteiger partial charge in [0.2, 0.25) is 0 Å². The van der Waals surface area contributed by atoms with E-state index in [1.54, 1.807) is 0 Å². The summed E-state index contributed by atoms with van der Waals surface area (Å²) >= 11 is 0. The molecular weight excluding hydrogens is 168 g/mol. The molecule has 0 bridgehead atoms. The van der Waals surface area contributed by atoms with Gasteiger partial charge < -0.3 is 0 Å². The van der Waals surface area contributed by atoms with Crippen molar-refractivity contribution in [1.82, 2.24) is 0 Å². The molecule has 2 rings (SSSR count). The number of benzene rings is 1. The van der Waals surface area contributed by atoms with E-state index in [0.717, 1.165) is 6.42 Å². The molecule has 0 spiro atoms. The molecule has 0 aliphatic heterocycles. The molecule has 14 heavy (non-hydrogen) atoms. The van der Waals surface area contributed by atoms with Crippen LogP contribution >= 0.6 is 0 Å². The lowest BCUT2D eigenvalue weighted by molar-refractivity contribution is 1.26. The van der Waals surface area contributed by atoms with Crippen LogP contribution in [0.1, 0.15) is 18.9 Å². The Morgan fingerprint density at radius 1 is 1.14 bits per heavy atom. The van der Waals surface area contributed by atoms with E-state index in [0.29, 0.717) is 0 Å². The molecule has 0 amide bonds. The molecule has 0 heterocycles. The largest absolute Gasteiger partial charge is 0.0841 e. The predicted octanol–water partition coefficient (Wildman–Crippen LogP) is 3.98. The van der Waals surface area contributed by atoms with Crippen LogP contribution in [0.5, 0.6) is 0 Å². The lowest BCUT2D eigenvalue weighted by atomic mass is 9.94. The van der Waals surface area contributed by atoms with Gasteiger partial charge in [0, 0.05) is 0 Å².